The smallest absolute Gasteiger partial charge is 0.337 e. The molecule has 0 amide bonds. The maximum absolute atomic E-state index is 10.6. The van der Waals surface area contributed by atoms with Crippen LogP contribution in [0.25, 0.3) is 0 Å². The molecule has 0 radical (unpaired) electrons. The number of aromatic nitrogens is 2. The van der Waals surface area contributed by atoms with Gasteiger partial charge in [-0.25, -0.2) is 14.8 Å². The minimum absolute atomic E-state index is 0.194. The van der Waals surface area contributed by atoms with Crippen LogP contribution in [0.3, 0.4) is 0 Å². The topological polar surface area (TPSA) is 63.1 Å². The van der Waals surface area contributed by atoms with Gasteiger partial charge in [-0.1, -0.05) is 0 Å². The summed E-state index contributed by atoms with van der Waals surface area (Å²) in [5, 5.41) is 11.4. The van der Waals surface area contributed by atoms with E-state index >= 15 is 0 Å². The predicted molar refractivity (Wildman–Crippen MR) is 62.2 cm³/mol. The number of rotatable bonds is 3. The van der Waals surface area contributed by atoms with Crippen LogP contribution in [0.15, 0.2) is 33.1 Å². The molecule has 0 aromatic carbocycles. The highest BCUT2D eigenvalue weighted by Gasteiger charge is 2.05. The molecule has 0 aliphatic carbocycles. The second-order valence-electron chi connectivity index (χ2n) is 3.05. The molecule has 0 aliphatic rings. The molecule has 0 unspecified atom stereocenters. The number of carbonyl (C=O) groups is 1. The first-order valence-corrected chi connectivity index (χ1v) is 6.14. The zero-order valence-corrected chi connectivity index (χ0v) is 10.0. The summed E-state index contributed by atoms with van der Waals surface area (Å²) in [6, 6.07) is 3.23. The molecule has 0 bridgehead atoms. The molecule has 0 spiro atoms. The molecule has 82 valence electrons. The second-order valence-corrected chi connectivity index (χ2v) is 5.17. The van der Waals surface area contributed by atoms with Crippen LogP contribution in [0.1, 0.15) is 16.1 Å². The number of hydrogen-bond acceptors (Lipinski definition) is 5. The molecule has 16 heavy (non-hydrogen) atoms. The summed E-state index contributed by atoms with van der Waals surface area (Å²) in [6.07, 6.45) is 1.35. The molecule has 0 saturated heterocycles. The number of nitrogens with zero attached hydrogens (tertiary/aromatic N) is 2. The summed E-state index contributed by atoms with van der Waals surface area (Å²) in [7, 11) is 0. The van der Waals surface area contributed by atoms with Gasteiger partial charge in [0.25, 0.3) is 0 Å². The molecule has 0 saturated carbocycles. The summed E-state index contributed by atoms with van der Waals surface area (Å²) in [5.41, 5.74) is 1.18. The highest BCUT2D eigenvalue weighted by Crippen LogP contribution is 2.28. The van der Waals surface area contributed by atoms with E-state index < -0.39 is 5.97 Å². The van der Waals surface area contributed by atoms with Crippen molar-refractivity contribution in [3.63, 3.8) is 0 Å². The number of thiazole rings is 1. The summed E-state index contributed by atoms with van der Waals surface area (Å²) in [5.74, 6) is -0.964. The Morgan fingerprint density at radius 1 is 1.50 bits per heavy atom. The van der Waals surface area contributed by atoms with Crippen LogP contribution in [-0.4, -0.2) is 21.0 Å². The molecule has 0 fully saturated rings. The third kappa shape index (κ3) is 2.59. The lowest BCUT2D eigenvalue weighted by Gasteiger charge is -1.97. The van der Waals surface area contributed by atoms with Crippen molar-refractivity contribution in [2.75, 3.05) is 0 Å². The zero-order valence-electron chi connectivity index (χ0n) is 8.38. The van der Waals surface area contributed by atoms with Gasteiger partial charge in [0.2, 0.25) is 0 Å². The lowest BCUT2D eigenvalue weighted by Crippen LogP contribution is -1.96. The fraction of sp³-hybridized carbons (Fsp3) is 0.100. The normalized spacial score (nSPS) is 10.3. The molecular weight excluding hydrogens is 244 g/mol. The molecule has 2 heterocycles. The molecular formula is C10H8N2O2S2. The van der Waals surface area contributed by atoms with Gasteiger partial charge in [0.05, 0.1) is 5.56 Å². The van der Waals surface area contributed by atoms with Crippen molar-refractivity contribution in [2.45, 2.75) is 16.3 Å². The highest BCUT2D eigenvalue weighted by molar-refractivity contribution is 8.01. The van der Waals surface area contributed by atoms with E-state index in [0.717, 1.165) is 15.1 Å². The average Bonchev–Trinajstić information content (AvgIpc) is 2.65. The van der Waals surface area contributed by atoms with Gasteiger partial charge in [0, 0.05) is 17.3 Å². The molecule has 0 atom stereocenters. The third-order valence-electron chi connectivity index (χ3n) is 1.77. The van der Waals surface area contributed by atoms with Crippen molar-refractivity contribution < 1.29 is 9.90 Å². The Morgan fingerprint density at radius 2 is 2.31 bits per heavy atom. The average molecular weight is 252 g/mol. The molecule has 6 heteroatoms. The van der Waals surface area contributed by atoms with Gasteiger partial charge in [0.15, 0.2) is 4.34 Å². The standard InChI is InChI=1S/C10H8N2O2S2/c1-6-5-15-10(12-6)16-8-3-2-7(4-11-8)9(13)14/h2-5H,1H3,(H,13,14). The van der Waals surface area contributed by atoms with Crippen LogP contribution in [0.5, 0.6) is 0 Å². The summed E-state index contributed by atoms with van der Waals surface area (Å²) in [6.45, 7) is 1.93. The SMILES string of the molecule is Cc1csc(Sc2ccc(C(=O)O)cn2)n1. The highest BCUT2D eigenvalue weighted by atomic mass is 32.2. The Balaban J connectivity index is 2.14. The molecule has 4 nitrogen and oxygen atoms in total. The lowest BCUT2D eigenvalue weighted by atomic mass is 10.3. The molecule has 0 aliphatic heterocycles. The maximum Gasteiger partial charge on any atom is 0.337 e. The zero-order chi connectivity index (χ0) is 11.5. The van der Waals surface area contributed by atoms with Crippen molar-refractivity contribution >= 4 is 29.1 Å². The van der Waals surface area contributed by atoms with E-state index in [1.807, 2.05) is 12.3 Å². The van der Waals surface area contributed by atoms with Crippen molar-refractivity contribution in [1.29, 1.82) is 0 Å². The van der Waals surface area contributed by atoms with Crippen LogP contribution in [-0.2, 0) is 0 Å². The van der Waals surface area contributed by atoms with Crippen molar-refractivity contribution in [1.82, 2.24) is 9.97 Å². The van der Waals surface area contributed by atoms with Crippen LogP contribution < -0.4 is 0 Å². The van der Waals surface area contributed by atoms with Crippen molar-refractivity contribution in [3.8, 4) is 0 Å². The number of aryl methyl sites for hydroxylation is 1. The summed E-state index contributed by atoms with van der Waals surface area (Å²) in [4.78, 5) is 19.0. The fourth-order valence-corrected chi connectivity index (χ4v) is 2.76. The van der Waals surface area contributed by atoms with E-state index in [1.165, 1.54) is 24.0 Å². The number of aromatic carboxylic acids is 1. The van der Waals surface area contributed by atoms with Crippen molar-refractivity contribution in [3.05, 3.63) is 35.0 Å². The van der Waals surface area contributed by atoms with Crippen LogP contribution >= 0.6 is 23.1 Å². The Hall–Kier alpha value is -1.40. The van der Waals surface area contributed by atoms with Crippen LogP contribution in [0, 0.1) is 6.92 Å². The number of pyridine rings is 1. The van der Waals surface area contributed by atoms with Gasteiger partial charge in [0.1, 0.15) is 5.03 Å². The van der Waals surface area contributed by atoms with E-state index in [-0.39, 0.29) is 5.56 Å². The largest absolute Gasteiger partial charge is 0.478 e. The minimum Gasteiger partial charge on any atom is -0.478 e. The van der Waals surface area contributed by atoms with Gasteiger partial charge in [-0.05, 0) is 30.8 Å². The Kier molecular flexibility index (Phi) is 3.21. The minimum atomic E-state index is -0.964. The fourth-order valence-electron chi connectivity index (χ4n) is 1.04. The summed E-state index contributed by atoms with van der Waals surface area (Å²) < 4.78 is 0.910. The Morgan fingerprint density at radius 3 is 2.81 bits per heavy atom. The number of hydrogen-bond donors (Lipinski definition) is 1. The molecule has 2 aromatic rings. The quantitative estimate of drug-likeness (QED) is 0.910. The molecule has 2 rings (SSSR count). The van der Waals surface area contributed by atoms with E-state index in [0.29, 0.717) is 0 Å². The first-order valence-electron chi connectivity index (χ1n) is 4.44. The van der Waals surface area contributed by atoms with Gasteiger partial charge >= 0.3 is 5.97 Å². The summed E-state index contributed by atoms with van der Waals surface area (Å²) >= 11 is 2.98. The van der Waals surface area contributed by atoms with E-state index in [2.05, 4.69) is 9.97 Å². The van der Waals surface area contributed by atoms with Crippen LogP contribution in [0.4, 0.5) is 0 Å². The van der Waals surface area contributed by atoms with E-state index in [4.69, 9.17) is 5.11 Å². The lowest BCUT2D eigenvalue weighted by molar-refractivity contribution is 0.0696. The Labute approximate surface area is 100 Å². The molecule has 1 N–H and O–H groups in total. The second kappa shape index (κ2) is 4.63. The maximum atomic E-state index is 10.6. The van der Waals surface area contributed by atoms with Gasteiger partial charge in [-0.2, -0.15) is 0 Å². The van der Waals surface area contributed by atoms with Gasteiger partial charge in [-0.15, -0.1) is 11.3 Å². The molecule has 2 aromatic heterocycles. The number of carboxylic acids is 1. The van der Waals surface area contributed by atoms with Gasteiger partial charge < -0.3 is 5.11 Å². The van der Waals surface area contributed by atoms with Crippen LogP contribution in [0.2, 0.25) is 0 Å². The number of carboxylic acid groups (broad SMARTS) is 1. The third-order valence-corrected chi connectivity index (χ3v) is 3.78. The van der Waals surface area contributed by atoms with Gasteiger partial charge in [-0.3, -0.25) is 0 Å². The first-order chi connectivity index (χ1) is 7.65. The predicted octanol–water partition coefficient (Wildman–Crippen LogP) is 2.70. The Bertz CT molecular complexity index is 508. The first kappa shape index (κ1) is 11.1. The van der Waals surface area contributed by atoms with E-state index in [1.54, 1.807) is 17.4 Å². The monoisotopic (exact) mass is 252 g/mol. The van der Waals surface area contributed by atoms with Crippen molar-refractivity contribution in [2.24, 2.45) is 0 Å². The van der Waals surface area contributed by atoms with E-state index in [9.17, 15) is 4.79 Å².